The normalized spacial score (nSPS) is 11.8. The molecule has 5 nitrogen and oxygen atoms in total. The van der Waals surface area contributed by atoms with Crippen LogP contribution in [-0.2, 0) is 16.0 Å². The first kappa shape index (κ1) is 18.7. The molecule has 0 aliphatic rings. The Morgan fingerprint density at radius 3 is 2.56 bits per heavy atom. The molecule has 0 spiro atoms. The van der Waals surface area contributed by atoms with Crippen LogP contribution in [0.4, 0.5) is 4.39 Å². The molecular formula is C20H17FN2O3S. The topological polar surface area (TPSA) is 79.3 Å². The highest BCUT2D eigenvalue weighted by Gasteiger charge is 2.25. The van der Waals surface area contributed by atoms with Crippen LogP contribution in [0, 0.1) is 12.7 Å². The average molecular weight is 384 g/mol. The molecule has 2 aromatic carbocycles. The van der Waals surface area contributed by atoms with Gasteiger partial charge in [0.25, 0.3) is 0 Å². The minimum Gasteiger partial charge on any atom is -0.479 e. The number of halogens is 1. The first-order valence-corrected chi connectivity index (χ1v) is 9.10. The molecule has 1 heterocycles. The average Bonchev–Trinajstić information content (AvgIpc) is 3.09. The fourth-order valence-corrected chi connectivity index (χ4v) is 3.40. The molecule has 0 fully saturated rings. The second-order valence-corrected chi connectivity index (χ2v) is 6.91. The zero-order valence-corrected chi connectivity index (χ0v) is 15.3. The summed E-state index contributed by atoms with van der Waals surface area (Å²) >= 11 is 1.41. The molecule has 7 heteroatoms. The number of carbonyl (C=O) groups is 2. The highest BCUT2D eigenvalue weighted by Crippen LogP contribution is 2.24. The Balaban J connectivity index is 1.71. The molecule has 1 unspecified atom stereocenters. The van der Waals surface area contributed by atoms with E-state index < -0.39 is 23.7 Å². The number of benzene rings is 2. The van der Waals surface area contributed by atoms with Crippen molar-refractivity contribution in [2.24, 2.45) is 0 Å². The fraction of sp³-hybridized carbons (Fsp3) is 0.150. The van der Waals surface area contributed by atoms with Gasteiger partial charge in [0.2, 0.25) is 5.91 Å². The number of hydrogen-bond acceptors (Lipinski definition) is 4. The number of thiazole rings is 1. The van der Waals surface area contributed by atoms with E-state index >= 15 is 0 Å². The van der Waals surface area contributed by atoms with Crippen molar-refractivity contribution >= 4 is 23.2 Å². The number of aliphatic carboxylic acids is 1. The smallest absolute Gasteiger partial charge is 0.331 e. The summed E-state index contributed by atoms with van der Waals surface area (Å²) in [6.07, 6.45) is -0.0827. The molecule has 1 atom stereocenters. The maximum absolute atomic E-state index is 13.9. The van der Waals surface area contributed by atoms with Gasteiger partial charge in [-0.15, -0.1) is 11.3 Å². The van der Waals surface area contributed by atoms with Crippen molar-refractivity contribution in [3.8, 4) is 10.6 Å². The predicted molar refractivity (Wildman–Crippen MR) is 101 cm³/mol. The molecule has 0 saturated heterocycles. The molecule has 0 aliphatic carbocycles. The maximum Gasteiger partial charge on any atom is 0.331 e. The van der Waals surface area contributed by atoms with Gasteiger partial charge in [-0.1, -0.05) is 48.0 Å². The van der Waals surface area contributed by atoms with E-state index in [1.54, 1.807) is 5.38 Å². The summed E-state index contributed by atoms with van der Waals surface area (Å²) in [5, 5.41) is 14.2. The molecule has 3 rings (SSSR count). The third-order valence-electron chi connectivity index (χ3n) is 3.96. The van der Waals surface area contributed by atoms with Crippen molar-refractivity contribution in [1.82, 2.24) is 10.3 Å². The second kappa shape index (κ2) is 8.09. The van der Waals surface area contributed by atoms with Gasteiger partial charge in [-0.3, -0.25) is 4.79 Å². The number of hydrogen-bond donors (Lipinski definition) is 2. The van der Waals surface area contributed by atoms with E-state index in [1.807, 2.05) is 31.2 Å². The van der Waals surface area contributed by atoms with Crippen LogP contribution in [0.25, 0.3) is 10.6 Å². The molecule has 2 N–H and O–H groups in total. The number of aromatic nitrogens is 1. The van der Waals surface area contributed by atoms with E-state index in [0.717, 1.165) is 22.2 Å². The molecule has 0 saturated carbocycles. The summed E-state index contributed by atoms with van der Waals surface area (Å²) in [5.41, 5.74) is 2.54. The molecule has 1 amide bonds. The van der Waals surface area contributed by atoms with Crippen LogP contribution in [0.3, 0.4) is 0 Å². The van der Waals surface area contributed by atoms with Crippen LogP contribution < -0.4 is 5.32 Å². The number of nitrogens with zero attached hydrogens (tertiary/aromatic N) is 1. The second-order valence-electron chi connectivity index (χ2n) is 6.05. The summed E-state index contributed by atoms with van der Waals surface area (Å²) < 4.78 is 13.9. The summed E-state index contributed by atoms with van der Waals surface area (Å²) in [4.78, 5) is 28.2. The zero-order valence-electron chi connectivity index (χ0n) is 14.5. The van der Waals surface area contributed by atoms with Gasteiger partial charge in [0.05, 0.1) is 12.1 Å². The van der Waals surface area contributed by atoms with Crippen LogP contribution in [0.15, 0.2) is 53.9 Å². The molecule has 0 bridgehead atoms. The number of aryl methyl sites for hydroxylation is 1. The van der Waals surface area contributed by atoms with Crippen molar-refractivity contribution in [1.29, 1.82) is 0 Å². The van der Waals surface area contributed by atoms with Gasteiger partial charge >= 0.3 is 5.97 Å². The van der Waals surface area contributed by atoms with E-state index in [4.69, 9.17) is 0 Å². The fourth-order valence-electron chi connectivity index (χ4n) is 2.58. The molecule has 3 aromatic rings. The van der Waals surface area contributed by atoms with E-state index in [-0.39, 0.29) is 12.0 Å². The van der Waals surface area contributed by atoms with Crippen LogP contribution >= 0.6 is 11.3 Å². The summed E-state index contributed by atoms with van der Waals surface area (Å²) in [7, 11) is 0. The lowest BCUT2D eigenvalue weighted by molar-refractivity contribution is -0.142. The number of rotatable bonds is 6. The summed E-state index contributed by atoms with van der Waals surface area (Å²) in [6, 6.07) is 11.9. The van der Waals surface area contributed by atoms with Gasteiger partial charge in [0.1, 0.15) is 10.8 Å². The van der Waals surface area contributed by atoms with Crippen molar-refractivity contribution in [3.63, 3.8) is 0 Å². The first-order chi connectivity index (χ1) is 12.9. The summed E-state index contributed by atoms with van der Waals surface area (Å²) in [5.74, 6) is -2.54. The quantitative estimate of drug-likeness (QED) is 0.679. The molecule has 1 aromatic heterocycles. The first-order valence-electron chi connectivity index (χ1n) is 8.22. The number of amides is 1. The van der Waals surface area contributed by atoms with Crippen LogP contribution in [0.1, 0.15) is 22.9 Å². The van der Waals surface area contributed by atoms with Gasteiger partial charge in [0, 0.05) is 16.5 Å². The van der Waals surface area contributed by atoms with Gasteiger partial charge in [-0.05, 0) is 13.0 Å². The third kappa shape index (κ3) is 4.57. The molecule has 0 aliphatic heterocycles. The van der Waals surface area contributed by atoms with Gasteiger partial charge in [-0.25, -0.2) is 14.2 Å². The van der Waals surface area contributed by atoms with Gasteiger partial charge in [0.15, 0.2) is 6.04 Å². The van der Waals surface area contributed by atoms with E-state index in [2.05, 4.69) is 10.3 Å². The lowest BCUT2D eigenvalue weighted by Crippen LogP contribution is -2.35. The molecular weight excluding hydrogens is 367 g/mol. The predicted octanol–water partition coefficient (Wildman–Crippen LogP) is 3.74. The number of carboxylic acids is 1. The van der Waals surface area contributed by atoms with Crippen molar-refractivity contribution in [2.75, 3.05) is 0 Å². The Morgan fingerprint density at radius 2 is 1.89 bits per heavy atom. The van der Waals surface area contributed by atoms with E-state index in [0.29, 0.717) is 5.69 Å². The summed E-state index contributed by atoms with van der Waals surface area (Å²) in [6.45, 7) is 2.00. The molecule has 138 valence electrons. The number of carbonyl (C=O) groups excluding carboxylic acids is 1. The Bertz CT molecular complexity index is 969. The van der Waals surface area contributed by atoms with Crippen LogP contribution in [0.2, 0.25) is 0 Å². The molecule has 0 radical (unpaired) electrons. The Kier molecular flexibility index (Phi) is 5.61. The maximum atomic E-state index is 13.9. The van der Waals surface area contributed by atoms with E-state index in [9.17, 15) is 19.1 Å². The standard InChI is InChI=1S/C20H17FN2O3S/c1-12-6-8-13(9-7-12)19-22-14(11-27-19)10-17(24)23-18(20(25)26)15-4-2-3-5-16(15)21/h2-9,11,18H,10H2,1H3,(H,23,24)(H,25,26). The molecule has 27 heavy (non-hydrogen) atoms. The minimum atomic E-state index is -1.45. The Labute approximate surface area is 159 Å². The van der Waals surface area contributed by atoms with Gasteiger partial charge in [-0.2, -0.15) is 0 Å². The number of nitrogens with one attached hydrogen (secondary N) is 1. The minimum absolute atomic E-state index is 0.0827. The van der Waals surface area contributed by atoms with E-state index in [1.165, 1.54) is 29.5 Å². The largest absolute Gasteiger partial charge is 0.479 e. The SMILES string of the molecule is Cc1ccc(-c2nc(CC(=O)NC(C(=O)O)c3ccccc3F)cs2)cc1. The Morgan fingerprint density at radius 1 is 1.19 bits per heavy atom. The van der Waals surface area contributed by atoms with Crippen LogP contribution in [0.5, 0.6) is 0 Å². The third-order valence-corrected chi connectivity index (χ3v) is 4.90. The lowest BCUT2D eigenvalue weighted by atomic mass is 10.1. The van der Waals surface area contributed by atoms with Crippen molar-refractivity contribution < 1.29 is 19.1 Å². The van der Waals surface area contributed by atoms with Crippen molar-refractivity contribution in [3.05, 3.63) is 76.5 Å². The zero-order chi connectivity index (χ0) is 19.4. The lowest BCUT2D eigenvalue weighted by Gasteiger charge is -2.15. The Hall–Kier alpha value is -3.06. The van der Waals surface area contributed by atoms with Crippen molar-refractivity contribution in [2.45, 2.75) is 19.4 Å². The highest BCUT2D eigenvalue weighted by atomic mass is 32.1. The van der Waals surface area contributed by atoms with Gasteiger partial charge < -0.3 is 10.4 Å². The monoisotopic (exact) mass is 384 g/mol. The van der Waals surface area contributed by atoms with Crippen LogP contribution in [-0.4, -0.2) is 22.0 Å². The highest BCUT2D eigenvalue weighted by molar-refractivity contribution is 7.13. The number of carboxylic acid groups (broad SMARTS) is 1.